The summed E-state index contributed by atoms with van der Waals surface area (Å²) in [6.45, 7) is 7.34. The fourth-order valence-corrected chi connectivity index (χ4v) is 6.32. The summed E-state index contributed by atoms with van der Waals surface area (Å²) in [6, 6.07) is 15.8. The third kappa shape index (κ3) is 7.31. The number of piperazine rings is 1. The molecule has 3 N–H and O–H groups in total. The molecule has 12 nitrogen and oxygen atoms in total. The third-order valence-electron chi connectivity index (χ3n) is 9.29. The van der Waals surface area contributed by atoms with Crippen molar-refractivity contribution < 1.29 is 23.9 Å². The summed E-state index contributed by atoms with van der Waals surface area (Å²) >= 11 is 0. The fourth-order valence-electron chi connectivity index (χ4n) is 6.32. The first-order valence-corrected chi connectivity index (χ1v) is 16.7. The van der Waals surface area contributed by atoms with Crippen LogP contribution >= 0.6 is 0 Å². The number of hydrogen-bond acceptors (Lipinski definition) is 9. The van der Waals surface area contributed by atoms with Gasteiger partial charge in [0.1, 0.15) is 17.3 Å². The molecule has 12 heteroatoms. The van der Waals surface area contributed by atoms with E-state index in [1.165, 1.54) is 12.0 Å². The molecule has 2 amide bonds. The van der Waals surface area contributed by atoms with Crippen molar-refractivity contribution >= 4 is 40.5 Å². The Morgan fingerprint density at radius 3 is 2.49 bits per heavy atom. The summed E-state index contributed by atoms with van der Waals surface area (Å²) < 4.78 is 14.2. The van der Waals surface area contributed by atoms with Crippen LogP contribution in [0.1, 0.15) is 58.3 Å². The molecule has 49 heavy (non-hydrogen) atoms. The van der Waals surface area contributed by atoms with Crippen molar-refractivity contribution in [3.63, 3.8) is 0 Å². The number of fused-ring (bicyclic) bond motifs is 1. The Labute approximate surface area is 287 Å². The molecule has 1 fully saturated rings. The number of anilines is 2. The van der Waals surface area contributed by atoms with Crippen LogP contribution in [0.5, 0.6) is 11.5 Å². The van der Waals surface area contributed by atoms with Crippen LogP contribution < -0.4 is 25.4 Å². The lowest BCUT2D eigenvalue weighted by Crippen LogP contribution is -2.60. The molecular weight excluding hydrogens is 622 g/mol. The maximum atomic E-state index is 14.0. The van der Waals surface area contributed by atoms with E-state index in [-0.39, 0.29) is 18.4 Å². The highest BCUT2D eigenvalue weighted by atomic mass is 16.5. The minimum atomic E-state index is -1.15. The van der Waals surface area contributed by atoms with E-state index in [4.69, 9.17) is 15.2 Å². The van der Waals surface area contributed by atoms with Gasteiger partial charge in [0, 0.05) is 52.3 Å². The van der Waals surface area contributed by atoms with E-state index in [9.17, 15) is 14.4 Å². The zero-order chi connectivity index (χ0) is 35.3. The second-order valence-electron chi connectivity index (χ2n) is 12.6. The van der Waals surface area contributed by atoms with Crippen molar-refractivity contribution in [2.75, 3.05) is 57.6 Å². The summed E-state index contributed by atoms with van der Waals surface area (Å²) in [7, 11) is 7.06. The van der Waals surface area contributed by atoms with E-state index < -0.39 is 5.72 Å². The van der Waals surface area contributed by atoms with Crippen molar-refractivity contribution in [1.82, 2.24) is 19.4 Å². The Balaban J connectivity index is 1.41. The first kappa shape index (κ1) is 35.5. The lowest BCUT2D eigenvalue weighted by molar-refractivity contribution is -0.146. The molecule has 1 aliphatic heterocycles. The Morgan fingerprint density at radius 1 is 1.06 bits per heavy atom. The minimum Gasteiger partial charge on any atom is -0.495 e. The number of nitrogens with zero attached hydrogens (tertiary/aromatic N) is 5. The van der Waals surface area contributed by atoms with Crippen LogP contribution in [0, 0.1) is 6.92 Å². The van der Waals surface area contributed by atoms with Crippen molar-refractivity contribution in [1.29, 1.82) is 0 Å². The minimum absolute atomic E-state index is 0.243. The highest BCUT2D eigenvalue weighted by Crippen LogP contribution is 2.36. The average molecular weight is 670 g/mol. The zero-order valence-electron chi connectivity index (χ0n) is 29.3. The molecule has 0 aliphatic carbocycles. The largest absolute Gasteiger partial charge is 0.495 e. The van der Waals surface area contributed by atoms with Crippen LogP contribution in [0.3, 0.4) is 0 Å². The monoisotopic (exact) mass is 669 g/mol. The van der Waals surface area contributed by atoms with Crippen molar-refractivity contribution in [2.45, 2.75) is 45.4 Å². The van der Waals surface area contributed by atoms with Crippen LogP contribution in [0.4, 0.5) is 11.4 Å². The number of ether oxygens (including phenoxy) is 2. The highest BCUT2D eigenvalue weighted by Gasteiger charge is 2.41. The number of nitrogens with one attached hydrogen (secondary N) is 1. The number of benzene rings is 3. The van der Waals surface area contributed by atoms with Crippen LogP contribution in [-0.2, 0) is 18.4 Å². The van der Waals surface area contributed by atoms with Gasteiger partial charge in [-0.05, 0) is 68.4 Å². The summed E-state index contributed by atoms with van der Waals surface area (Å²) in [6.07, 6.45) is 3.19. The third-order valence-corrected chi connectivity index (χ3v) is 9.29. The SMILES string of the molecule is CCCCC(C=O)(Oc1cc(C)ccc1N(C)C(=O)c1ccc(NC(=O)c2cccc3nc(CN)n(C)c23)c(OC)c1)N1CCN(C)CC1. The van der Waals surface area contributed by atoms with E-state index in [2.05, 4.69) is 34.1 Å². The predicted octanol–water partition coefficient (Wildman–Crippen LogP) is 4.59. The van der Waals surface area contributed by atoms with Gasteiger partial charge in [-0.3, -0.25) is 19.3 Å². The van der Waals surface area contributed by atoms with Gasteiger partial charge < -0.3 is 34.9 Å². The number of carbonyl (C=O) groups is 3. The van der Waals surface area contributed by atoms with Gasteiger partial charge in [0.15, 0.2) is 6.29 Å². The van der Waals surface area contributed by atoms with Crippen LogP contribution in [0.2, 0.25) is 0 Å². The number of para-hydroxylation sites is 1. The quantitative estimate of drug-likeness (QED) is 0.196. The predicted molar refractivity (Wildman–Crippen MR) is 191 cm³/mol. The van der Waals surface area contributed by atoms with Crippen LogP contribution in [0.15, 0.2) is 54.6 Å². The second-order valence-corrected chi connectivity index (χ2v) is 12.6. The number of nitrogens with two attached hydrogens (primary N) is 1. The second kappa shape index (κ2) is 15.2. The number of aromatic nitrogens is 2. The van der Waals surface area contributed by atoms with E-state index in [1.54, 1.807) is 37.4 Å². The summed E-state index contributed by atoms with van der Waals surface area (Å²) in [5.41, 5.74) is 8.69. The molecule has 1 saturated heterocycles. The number of aldehydes is 1. The smallest absolute Gasteiger partial charge is 0.258 e. The molecule has 1 aliphatic rings. The molecule has 1 atom stereocenters. The van der Waals surface area contributed by atoms with E-state index in [1.807, 2.05) is 42.8 Å². The Kier molecular flexibility index (Phi) is 11.0. The maximum Gasteiger partial charge on any atom is 0.258 e. The number of carbonyl (C=O) groups excluding carboxylic acids is 3. The molecule has 1 aromatic heterocycles. The molecule has 2 heterocycles. The lowest BCUT2D eigenvalue weighted by Gasteiger charge is -2.44. The zero-order valence-corrected chi connectivity index (χ0v) is 29.3. The average Bonchev–Trinajstić information content (AvgIpc) is 3.45. The maximum absolute atomic E-state index is 14.0. The molecule has 0 radical (unpaired) electrons. The number of aryl methyl sites for hydroxylation is 2. The number of methoxy groups -OCH3 is 1. The molecule has 4 aromatic rings. The summed E-state index contributed by atoms with van der Waals surface area (Å²) in [4.78, 5) is 50.8. The standard InChI is InChI=1S/C37H47N7O5/c1-7-8-16-37(24-45,44-19-17-41(3)18-20-44)49-32-21-25(2)12-15-30(32)42(4)36(47)26-13-14-28(31(22-26)48-6)40-35(46)27-10-9-11-29-34(27)43(5)33(23-38)39-29/h9-15,21-22,24H,7-8,16-20,23,38H2,1-6H3,(H,40,46). The van der Waals surface area contributed by atoms with Gasteiger partial charge in [-0.25, -0.2) is 4.98 Å². The number of likely N-dealkylation sites (N-methyl/N-ethyl adjacent to an activating group) is 1. The number of hydrogen-bond donors (Lipinski definition) is 2. The van der Waals surface area contributed by atoms with Crippen LogP contribution in [0.25, 0.3) is 11.0 Å². The van der Waals surface area contributed by atoms with E-state index >= 15 is 0 Å². The van der Waals surface area contributed by atoms with Gasteiger partial charge in [0.05, 0.1) is 41.6 Å². The number of unbranched alkanes of at least 4 members (excludes halogenated alkanes) is 1. The molecule has 260 valence electrons. The lowest BCUT2D eigenvalue weighted by atomic mass is 10.0. The molecule has 0 saturated carbocycles. The van der Waals surface area contributed by atoms with Gasteiger partial charge in [-0.1, -0.05) is 25.5 Å². The molecule has 1 unspecified atom stereocenters. The Bertz CT molecular complexity index is 1830. The first-order chi connectivity index (χ1) is 23.5. The fraction of sp³-hybridized carbons (Fsp3) is 0.405. The molecule has 3 aromatic carbocycles. The van der Waals surface area contributed by atoms with Gasteiger partial charge in [0.2, 0.25) is 5.72 Å². The molecule has 0 bridgehead atoms. The summed E-state index contributed by atoms with van der Waals surface area (Å²) in [5.74, 6) is 0.774. The highest BCUT2D eigenvalue weighted by molar-refractivity contribution is 6.13. The normalized spacial score (nSPS) is 15.1. The first-order valence-electron chi connectivity index (χ1n) is 16.7. The van der Waals surface area contributed by atoms with Crippen molar-refractivity contribution in [2.24, 2.45) is 12.8 Å². The van der Waals surface area contributed by atoms with Gasteiger partial charge in [0.25, 0.3) is 11.8 Å². The Morgan fingerprint density at radius 2 is 1.82 bits per heavy atom. The van der Waals surface area contributed by atoms with Gasteiger partial charge in [-0.15, -0.1) is 0 Å². The number of amides is 2. The number of imidazole rings is 1. The molecule has 5 rings (SSSR count). The molecular formula is C37H47N7O5. The Hall–Kier alpha value is -4.78. The van der Waals surface area contributed by atoms with E-state index in [0.29, 0.717) is 70.4 Å². The van der Waals surface area contributed by atoms with Crippen molar-refractivity contribution in [3.05, 3.63) is 77.1 Å². The summed E-state index contributed by atoms with van der Waals surface area (Å²) in [5, 5.41) is 2.93. The van der Waals surface area contributed by atoms with Crippen molar-refractivity contribution in [3.8, 4) is 11.5 Å². The van der Waals surface area contributed by atoms with Gasteiger partial charge >= 0.3 is 0 Å². The topological polar surface area (TPSA) is 135 Å². The van der Waals surface area contributed by atoms with Gasteiger partial charge in [-0.2, -0.15) is 0 Å². The van der Waals surface area contributed by atoms with Crippen LogP contribution in [-0.4, -0.2) is 90.6 Å². The van der Waals surface area contributed by atoms with E-state index in [0.717, 1.165) is 37.8 Å². The molecule has 0 spiro atoms. The number of rotatable bonds is 13.